The summed E-state index contributed by atoms with van der Waals surface area (Å²) in [6.45, 7) is 13.2. The zero-order valence-electron chi connectivity index (χ0n) is 38.2. The number of nitrogens with one attached hydrogen (secondary N) is 2. The predicted octanol–water partition coefficient (Wildman–Crippen LogP) is 3.85. The highest BCUT2D eigenvalue weighted by Gasteiger charge is 2.41. The molecule has 3 rings (SSSR count). The Hall–Kier alpha value is -5.51. The number of nitrogens with zero attached hydrogens (tertiary/aromatic N) is 4. The third-order valence-electron chi connectivity index (χ3n) is 11.0. The molecular formula is C46H69N7O9. The molecule has 2 aromatic carbocycles. The molecule has 0 aliphatic carbocycles. The van der Waals surface area contributed by atoms with Crippen molar-refractivity contribution in [3.05, 3.63) is 71.8 Å². The lowest BCUT2D eigenvalue weighted by Crippen LogP contribution is -2.63. The van der Waals surface area contributed by atoms with E-state index in [2.05, 4.69) is 10.6 Å². The fraction of sp³-hybridized carbons (Fsp3) is 0.587. The van der Waals surface area contributed by atoms with Gasteiger partial charge in [-0.2, -0.15) is 0 Å². The van der Waals surface area contributed by atoms with E-state index in [0.717, 1.165) is 29.7 Å². The van der Waals surface area contributed by atoms with Gasteiger partial charge in [-0.3, -0.25) is 33.7 Å². The Morgan fingerprint density at radius 3 is 1.82 bits per heavy atom. The minimum absolute atomic E-state index is 0.00590. The number of benzene rings is 2. The Balaban J connectivity index is 1.88. The molecule has 0 saturated carbocycles. The number of likely N-dealkylation sites (N-methyl/N-ethyl adjacent to an activating group) is 3. The van der Waals surface area contributed by atoms with E-state index in [1.807, 2.05) is 43.3 Å². The summed E-state index contributed by atoms with van der Waals surface area (Å²) in [7, 11) is 4.29. The molecule has 1 saturated heterocycles. The summed E-state index contributed by atoms with van der Waals surface area (Å²) in [5.41, 5.74) is 7.01. The van der Waals surface area contributed by atoms with Crippen LogP contribution in [0.5, 0.6) is 0 Å². The Morgan fingerprint density at radius 1 is 0.742 bits per heavy atom. The van der Waals surface area contributed by atoms with Crippen molar-refractivity contribution in [1.82, 2.24) is 30.2 Å². The van der Waals surface area contributed by atoms with Crippen molar-refractivity contribution >= 4 is 41.6 Å². The molecule has 1 aliphatic heterocycles. The van der Waals surface area contributed by atoms with Crippen LogP contribution in [0.4, 0.5) is 4.79 Å². The average molecular weight is 864 g/mol. The summed E-state index contributed by atoms with van der Waals surface area (Å²) in [4.78, 5) is 102. The van der Waals surface area contributed by atoms with Crippen molar-refractivity contribution < 1.29 is 43.0 Å². The molecule has 0 aromatic heterocycles. The third-order valence-corrected chi connectivity index (χ3v) is 11.0. The quantitative estimate of drug-likeness (QED) is 0.138. The van der Waals surface area contributed by atoms with Crippen molar-refractivity contribution in [3.63, 3.8) is 0 Å². The van der Waals surface area contributed by atoms with Gasteiger partial charge in [0.1, 0.15) is 36.4 Å². The van der Waals surface area contributed by atoms with Gasteiger partial charge >= 0.3 is 12.1 Å². The van der Waals surface area contributed by atoms with E-state index < -0.39 is 89.9 Å². The number of likely N-dealkylation sites (tertiary alicyclic amines) is 1. The highest BCUT2D eigenvalue weighted by atomic mass is 16.6. The Morgan fingerprint density at radius 2 is 1.29 bits per heavy atom. The molecule has 6 amide bonds. The maximum absolute atomic E-state index is 14.7. The summed E-state index contributed by atoms with van der Waals surface area (Å²) in [6, 6.07) is 13.4. The summed E-state index contributed by atoms with van der Waals surface area (Å²) in [5.74, 6) is -4.67. The summed E-state index contributed by atoms with van der Waals surface area (Å²) >= 11 is 0. The summed E-state index contributed by atoms with van der Waals surface area (Å²) in [5, 5.41) is 5.33. The van der Waals surface area contributed by atoms with Crippen LogP contribution in [-0.4, -0.2) is 131 Å². The Kier molecular flexibility index (Phi) is 19.4. The number of rotatable bonds is 19. The molecule has 0 spiro atoms. The Bertz CT molecular complexity index is 1820. The van der Waals surface area contributed by atoms with E-state index in [-0.39, 0.29) is 18.9 Å². The lowest BCUT2D eigenvalue weighted by atomic mass is 9.97. The van der Waals surface area contributed by atoms with Crippen molar-refractivity contribution in [2.24, 2.45) is 17.6 Å². The van der Waals surface area contributed by atoms with Crippen molar-refractivity contribution in [1.29, 1.82) is 0 Å². The standard InChI is InChI=1S/C46H69N7O9/c1-11-31(4)38(52(10)45(60)62-46(5,6)7)41(56)49-39(47)44(59)50(8)35(27-32-21-15-12-16-22-32)43(58)51(9)37(30(2)3)40(55)48-34(42(57)53-25-19-14-20-26-53)28-36(54)61-29-33-23-17-13-18-24-33/h12-13,15-18,21-24,30-31,34-35,37-39H,11,14,19-20,25-29,47H2,1-10H3,(H,48,55)(H,49,56)/t31?,34?,35?,37-,38-,39+/m0/s1. The summed E-state index contributed by atoms with van der Waals surface area (Å²) in [6.07, 6.45) is 0.338. The van der Waals surface area contributed by atoms with Gasteiger partial charge in [0.15, 0.2) is 6.17 Å². The van der Waals surface area contributed by atoms with Gasteiger partial charge in [0.25, 0.3) is 5.91 Å². The van der Waals surface area contributed by atoms with Gasteiger partial charge in [-0.25, -0.2) is 4.79 Å². The van der Waals surface area contributed by atoms with Crippen LogP contribution in [0.3, 0.4) is 0 Å². The zero-order valence-corrected chi connectivity index (χ0v) is 38.2. The van der Waals surface area contributed by atoms with Crippen LogP contribution in [0.25, 0.3) is 0 Å². The first kappa shape index (κ1) is 50.8. The fourth-order valence-electron chi connectivity index (χ4n) is 7.44. The van der Waals surface area contributed by atoms with E-state index in [4.69, 9.17) is 15.2 Å². The van der Waals surface area contributed by atoms with Crippen LogP contribution in [0.1, 0.15) is 91.7 Å². The smallest absolute Gasteiger partial charge is 0.410 e. The molecule has 6 atom stereocenters. The van der Waals surface area contributed by atoms with Crippen molar-refractivity contribution in [3.8, 4) is 0 Å². The SMILES string of the molecule is CCC(C)[C@@H](C(=O)N[C@@H](N)C(=O)N(C)C(Cc1ccccc1)C(=O)N(C)[C@H](C(=O)NC(CC(=O)OCc1ccccc1)C(=O)N1CCCCC1)C(C)C)N(C)C(=O)OC(C)(C)C. The number of ether oxygens (including phenoxy) is 2. The van der Waals surface area contributed by atoms with Crippen molar-refractivity contribution in [2.75, 3.05) is 34.2 Å². The molecule has 1 aliphatic rings. The molecular weight excluding hydrogens is 795 g/mol. The summed E-state index contributed by atoms with van der Waals surface area (Å²) < 4.78 is 11.0. The van der Waals surface area contributed by atoms with Crippen LogP contribution in [0.15, 0.2) is 60.7 Å². The van der Waals surface area contributed by atoms with E-state index in [9.17, 15) is 33.6 Å². The van der Waals surface area contributed by atoms with Crippen LogP contribution < -0.4 is 16.4 Å². The Labute approximate surface area is 367 Å². The van der Waals surface area contributed by atoms with Gasteiger partial charge in [0, 0.05) is 40.7 Å². The molecule has 1 heterocycles. The fourth-order valence-corrected chi connectivity index (χ4v) is 7.44. The molecule has 0 radical (unpaired) electrons. The topological polar surface area (TPSA) is 201 Å². The number of nitrogens with two attached hydrogens (primary N) is 1. The number of esters is 1. The molecule has 16 nitrogen and oxygen atoms in total. The maximum Gasteiger partial charge on any atom is 0.410 e. The second-order valence-electron chi connectivity index (χ2n) is 17.5. The lowest BCUT2D eigenvalue weighted by Gasteiger charge is -2.38. The first-order valence-corrected chi connectivity index (χ1v) is 21.5. The average Bonchev–Trinajstić information content (AvgIpc) is 3.23. The predicted molar refractivity (Wildman–Crippen MR) is 235 cm³/mol. The second-order valence-corrected chi connectivity index (χ2v) is 17.5. The van der Waals surface area contributed by atoms with Gasteiger partial charge in [-0.15, -0.1) is 0 Å². The molecule has 2 aromatic rings. The minimum atomic E-state index is -1.62. The van der Waals surface area contributed by atoms with E-state index in [1.54, 1.807) is 70.7 Å². The number of hydrogen-bond acceptors (Lipinski definition) is 10. The molecule has 3 unspecified atom stereocenters. The molecule has 62 heavy (non-hydrogen) atoms. The highest BCUT2D eigenvalue weighted by molar-refractivity contribution is 5.97. The monoisotopic (exact) mass is 864 g/mol. The van der Waals surface area contributed by atoms with Gasteiger partial charge < -0.3 is 40.5 Å². The highest BCUT2D eigenvalue weighted by Crippen LogP contribution is 2.21. The number of piperidine rings is 1. The number of amides is 6. The van der Waals surface area contributed by atoms with E-state index >= 15 is 0 Å². The van der Waals surface area contributed by atoms with E-state index in [1.165, 1.54) is 30.9 Å². The van der Waals surface area contributed by atoms with Crippen LogP contribution in [0.2, 0.25) is 0 Å². The van der Waals surface area contributed by atoms with Gasteiger partial charge in [0.05, 0.1) is 6.42 Å². The molecule has 1 fully saturated rings. The van der Waals surface area contributed by atoms with E-state index in [0.29, 0.717) is 25.1 Å². The first-order chi connectivity index (χ1) is 29.2. The van der Waals surface area contributed by atoms with Gasteiger partial charge in [-0.05, 0) is 63.0 Å². The largest absolute Gasteiger partial charge is 0.461 e. The first-order valence-electron chi connectivity index (χ1n) is 21.5. The van der Waals surface area contributed by atoms with Gasteiger partial charge in [-0.1, -0.05) is 94.8 Å². The molecule has 4 N–H and O–H groups in total. The maximum atomic E-state index is 14.7. The number of carbonyl (C=O) groups excluding carboxylic acids is 7. The third kappa shape index (κ3) is 14.8. The zero-order chi connectivity index (χ0) is 46.3. The molecule has 342 valence electrons. The van der Waals surface area contributed by atoms with Crippen LogP contribution >= 0.6 is 0 Å². The van der Waals surface area contributed by atoms with Gasteiger partial charge in [0.2, 0.25) is 23.6 Å². The second kappa shape index (κ2) is 23.6. The molecule has 16 heteroatoms. The number of carbonyl (C=O) groups is 7. The normalized spacial score (nSPS) is 15.8. The minimum Gasteiger partial charge on any atom is -0.461 e. The number of hydrogen-bond donors (Lipinski definition) is 3. The lowest BCUT2D eigenvalue weighted by molar-refractivity contribution is -0.152. The molecule has 0 bridgehead atoms. The van der Waals surface area contributed by atoms with Crippen LogP contribution in [-0.2, 0) is 51.3 Å². The van der Waals surface area contributed by atoms with Crippen molar-refractivity contribution in [2.45, 2.75) is 130 Å². The van der Waals surface area contributed by atoms with Crippen LogP contribution in [0, 0.1) is 11.8 Å².